The Morgan fingerprint density at radius 3 is 2.56 bits per heavy atom. The summed E-state index contributed by atoms with van der Waals surface area (Å²) in [5.41, 5.74) is 11.4. The van der Waals surface area contributed by atoms with Crippen molar-refractivity contribution in [3.63, 3.8) is 0 Å². The number of nitrogens with two attached hydrogens (primary N) is 2. The summed E-state index contributed by atoms with van der Waals surface area (Å²) in [4.78, 5) is 13.9. The second-order valence-electron chi connectivity index (χ2n) is 6.74. The average Bonchev–Trinajstić information content (AvgIpc) is 3.25. The zero-order valence-electron chi connectivity index (χ0n) is 18.4. The fourth-order valence-corrected chi connectivity index (χ4v) is 3.52. The standard InChI is InChI=1S/C20H18F2N5O2.C2H6.Rb/c1-27-9-13(11-6-7-25-18(11)20(27)28)12-3-4-15(26-24)17(23)19(12)29-16-5-2-10(21)8-14(16)22;1-2;/h2-9,11,18,25H,23-24H2,1H3;1-2H3;/q-1;;+1. The van der Waals surface area contributed by atoms with Crippen LogP contribution < -0.4 is 79.8 Å². The van der Waals surface area contributed by atoms with Crippen LogP contribution in [0, 0.1) is 17.6 Å². The number of nitrogens with zero attached hydrogens (tertiary/aromatic N) is 2. The molecule has 2 aliphatic heterocycles. The van der Waals surface area contributed by atoms with E-state index in [0.29, 0.717) is 11.6 Å². The van der Waals surface area contributed by atoms with E-state index in [4.69, 9.17) is 16.3 Å². The molecule has 0 bridgehead atoms. The van der Waals surface area contributed by atoms with Crippen molar-refractivity contribution in [2.24, 2.45) is 11.8 Å². The third kappa shape index (κ3) is 5.07. The van der Waals surface area contributed by atoms with Crippen molar-refractivity contribution in [2.75, 3.05) is 12.8 Å². The molecule has 164 valence electrons. The van der Waals surface area contributed by atoms with Crippen LogP contribution in [0.4, 0.5) is 20.2 Å². The van der Waals surface area contributed by atoms with Crippen LogP contribution in [-0.4, -0.2) is 23.9 Å². The number of likely N-dealkylation sites (N-methyl/N-ethyl adjacent to an activating group) is 1. The molecular formula is C22H24F2N5O2Rb. The fourth-order valence-electron chi connectivity index (χ4n) is 3.52. The Kier molecular flexibility index (Phi) is 9.41. The Hall–Kier alpha value is -1.78. The number of ether oxygens (including phenoxy) is 1. The maximum atomic E-state index is 14.2. The van der Waals surface area contributed by atoms with Crippen LogP contribution in [-0.2, 0) is 4.79 Å². The summed E-state index contributed by atoms with van der Waals surface area (Å²) < 4.78 is 33.2. The molecule has 0 aliphatic carbocycles. The molecule has 2 aromatic rings. The third-order valence-electron chi connectivity index (χ3n) is 4.97. The maximum absolute atomic E-state index is 14.2. The van der Waals surface area contributed by atoms with Gasteiger partial charge >= 0.3 is 58.2 Å². The molecule has 32 heavy (non-hydrogen) atoms. The van der Waals surface area contributed by atoms with Gasteiger partial charge in [0.2, 0.25) is 5.91 Å². The molecule has 2 aliphatic rings. The van der Waals surface area contributed by atoms with Gasteiger partial charge in [-0.25, -0.2) is 8.78 Å². The van der Waals surface area contributed by atoms with Crippen LogP contribution >= 0.6 is 0 Å². The Labute approximate surface area is 234 Å². The molecule has 1 amide bonds. The number of carbonyl (C=O) groups excluding carboxylic acids is 1. The number of fused-ring (bicyclic) bond motifs is 1. The molecule has 0 aromatic heterocycles. The zero-order valence-corrected chi connectivity index (χ0v) is 23.3. The van der Waals surface area contributed by atoms with Gasteiger partial charge < -0.3 is 32.0 Å². The van der Waals surface area contributed by atoms with E-state index in [-0.39, 0.29) is 92.9 Å². The summed E-state index contributed by atoms with van der Waals surface area (Å²) in [5.74, 6) is 3.35. The van der Waals surface area contributed by atoms with Crippen LogP contribution in [0.15, 0.2) is 48.8 Å². The van der Waals surface area contributed by atoms with Crippen LogP contribution in [0.25, 0.3) is 11.0 Å². The van der Waals surface area contributed by atoms with Crippen molar-refractivity contribution in [1.29, 1.82) is 0 Å². The molecule has 4 rings (SSSR count). The number of hydrogen-bond donors (Lipinski definition) is 3. The summed E-state index contributed by atoms with van der Waals surface area (Å²) in [7, 11) is 1.64. The molecule has 0 fully saturated rings. The minimum Gasteiger partial charge on any atom is -0.624 e. The second kappa shape index (κ2) is 11.4. The third-order valence-corrected chi connectivity index (χ3v) is 4.97. The first-order chi connectivity index (χ1) is 14.9. The molecule has 0 spiro atoms. The molecule has 2 heterocycles. The van der Waals surface area contributed by atoms with Crippen molar-refractivity contribution in [3.8, 4) is 11.5 Å². The Balaban J connectivity index is 0.00000118. The van der Waals surface area contributed by atoms with E-state index in [9.17, 15) is 13.6 Å². The molecule has 0 radical (unpaired) electrons. The second-order valence-corrected chi connectivity index (χ2v) is 6.74. The average molecular weight is 514 g/mol. The van der Waals surface area contributed by atoms with E-state index in [1.807, 2.05) is 19.9 Å². The van der Waals surface area contributed by atoms with Gasteiger partial charge in [0.25, 0.3) is 0 Å². The molecule has 0 saturated heterocycles. The summed E-state index contributed by atoms with van der Waals surface area (Å²) in [6.07, 6.45) is 5.26. The zero-order chi connectivity index (χ0) is 22.7. The monoisotopic (exact) mass is 513 g/mol. The maximum Gasteiger partial charge on any atom is 1.00 e. The normalized spacial score (nSPS) is 18.5. The van der Waals surface area contributed by atoms with Crippen molar-refractivity contribution in [1.82, 2.24) is 10.2 Å². The van der Waals surface area contributed by atoms with Crippen molar-refractivity contribution < 1.29 is 76.5 Å². The summed E-state index contributed by atoms with van der Waals surface area (Å²) >= 11 is 0. The molecular weight excluding hydrogens is 490 g/mol. The predicted molar refractivity (Wildman–Crippen MR) is 116 cm³/mol. The van der Waals surface area contributed by atoms with Gasteiger partial charge in [-0.05, 0) is 23.9 Å². The number of hydrogen-bond acceptors (Lipinski definition) is 5. The Morgan fingerprint density at radius 2 is 1.91 bits per heavy atom. The van der Waals surface area contributed by atoms with Gasteiger partial charge in [0.05, 0.1) is 5.69 Å². The van der Waals surface area contributed by atoms with Gasteiger partial charge in [-0.15, -0.1) is 5.69 Å². The number of benzene rings is 2. The van der Waals surface area contributed by atoms with Gasteiger partial charge in [-0.3, -0.25) is 4.79 Å². The molecule has 7 nitrogen and oxygen atoms in total. The van der Waals surface area contributed by atoms with E-state index in [1.165, 1.54) is 11.0 Å². The quantitative estimate of drug-likeness (QED) is 0.323. The van der Waals surface area contributed by atoms with E-state index >= 15 is 0 Å². The topological polar surface area (TPSA) is 108 Å². The van der Waals surface area contributed by atoms with Crippen LogP contribution in [0.3, 0.4) is 0 Å². The van der Waals surface area contributed by atoms with Crippen molar-refractivity contribution >= 4 is 22.9 Å². The summed E-state index contributed by atoms with van der Waals surface area (Å²) in [6, 6.07) is 5.81. The minimum atomic E-state index is -0.879. The molecule has 2 aromatic carbocycles. The van der Waals surface area contributed by atoms with Crippen LogP contribution in [0.2, 0.25) is 0 Å². The van der Waals surface area contributed by atoms with Gasteiger partial charge in [0.1, 0.15) is 11.9 Å². The fraction of sp³-hybridized carbons (Fsp3) is 0.227. The van der Waals surface area contributed by atoms with Crippen LogP contribution in [0.1, 0.15) is 19.4 Å². The van der Waals surface area contributed by atoms with E-state index < -0.39 is 17.7 Å². The molecule has 10 heteroatoms. The van der Waals surface area contributed by atoms with Crippen molar-refractivity contribution in [3.05, 3.63) is 71.4 Å². The predicted octanol–water partition coefficient (Wildman–Crippen LogP) is 1.16. The first kappa shape index (κ1) is 26.5. The molecule has 0 saturated carbocycles. The molecule has 5 N–H and O–H groups in total. The number of nitrogen functional groups attached to an aromatic ring is 1. The number of nitrogens with one attached hydrogen (secondary N) is 1. The van der Waals surface area contributed by atoms with E-state index in [1.54, 1.807) is 31.6 Å². The Bertz CT molecular complexity index is 1060. The number of rotatable bonds is 4. The summed E-state index contributed by atoms with van der Waals surface area (Å²) in [5, 5.41) is 3.04. The number of carbonyl (C=O) groups is 1. The van der Waals surface area contributed by atoms with E-state index in [0.717, 1.165) is 11.6 Å². The van der Waals surface area contributed by atoms with E-state index in [2.05, 4.69) is 10.7 Å². The van der Waals surface area contributed by atoms with Crippen LogP contribution in [0.5, 0.6) is 11.5 Å². The number of anilines is 1. The molecule has 2 atom stereocenters. The first-order valence-corrected chi connectivity index (χ1v) is 9.78. The summed E-state index contributed by atoms with van der Waals surface area (Å²) in [6.45, 7) is 4.00. The smallest absolute Gasteiger partial charge is 0.624 e. The van der Waals surface area contributed by atoms with Gasteiger partial charge in [-0.2, -0.15) is 0 Å². The largest absolute Gasteiger partial charge is 1.00 e. The molecule has 2 unspecified atom stereocenters. The van der Waals surface area contributed by atoms with Gasteiger partial charge in [0, 0.05) is 30.8 Å². The van der Waals surface area contributed by atoms with Gasteiger partial charge in [-0.1, -0.05) is 32.1 Å². The first-order valence-electron chi connectivity index (χ1n) is 9.78. The Morgan fingerprint density at radius 1 is 1.19 bits per heavy atom. The number of halogens is 2. The number of amides is 1. The SMILES string of the molecule is CC.CN1C=C(c2ccc([N-]N)c(N)c2Oc2ccc(F)cc2F)C2C=CNC2C1=O.[Rb+]. The van der Waals surface area contributed by atoms with Crippen molar-refractivity contribution in [2.45, 2.75) is 19.9 Å². The minimum absolute atomic E-state index is 0. The van der Waals surface area contributed by atoms with Gasteiger partial charge in [0.15, 0.2) is 17.3 Å².